The van der Waals surface area contributed by atoms with Gasteiger partial charge in [0.1, 0.15) is 0 Å². The molecular formula is C15H16O2. The molecule has 17 heavy (non-hydrogen) atoms. The number of aryl methyl sites for hydroxylation is 1. The van der Waals surface area contributed by atoms with Gasteiger partial charge in [0.25, 0.3) is 0 Å². The summed E-state index contributed by atoms with van der Waals surface area (Å²) < 4.78 is 4.78. The van der Waals surface area contributed by atoms with Crippen molar-refractivity contribution in [3.05, 3.63) is 41.0 Å². The van der Waals surface area contributed by atoms with Crippen LogP contribution < -0.4 is 0 Å². The Morgan fingerprint density at radius 2 is 2.18 bits per heavy atom. The number of allylic oxidation sites excluding steroid dienone is 2. The molecule has 0 unspecified atom stereocenters. The third kappa shape index (κ3) is 1.88. The fourth-order valence-electron chi connectivity index (χ4n) is 2.58. The fraction of sp³-hybridized carbons (Fsp3) is 0.400. The summed E-state index contributed by atoms with van der Waals surface area (Å²) in [6.07, 6.45) is 7.17. The highest BCUT2D eigenvalue weighted by molar-refractivity contribution is 5.91. The van der Waals surface area contributed by atoms with Crippen LogP contribution in [0.25, 0.3) is 5.57 Å². The Labute approximate surface area is 101 Å². The SMILES string of the molecule is COC(=O)c1ccc2c(c1)C(C1CC1)=CCC2. The molecule has 1 aromatic carbocycles. The highest BCUT2D eigenvalue weighted by atomic mass is 16.5. The van der Waals surface area contributed by atoms with Gasteiger partial charge in [0.2, 0.25) is 0 Å². The lowest BCUT2D eigenvalue weighted by molar-refractivity contribution is 0.0600. The van der Waals surface area contributed by atoms with Crippen LogP contribution in [0, 0.1) is 5.92 Å². The number of ether oxygens (including phenoxy) is 1. The molecule has 0 atom stereocenters. The maximum Gasteiger partial charge on any atom is 0.337 e. The van der Waals surface area contributed by atoms with Crippen LogP contribution in [0.5, 0.6) is 0 Å². The Morgan fingerprint density at radius 3 is 2.88 bits per heavy atom. The average Bonchev–Trinajstić information content (AvgIpc) is 3.20. The largest absolute Gasteiger partial charge is 0.465 e. The van der Waals surface area contributed by atoms with Crippen molar-refractivity contribution in [1.82, 2.24) is 0 Å². The van der Waals surface area contributed by atoms with Gasteiger partial charge < -0.3 is 4.74 Å². The van der Waals surface area contributed by atoms with E-state index in [0.717, 1.165) is 18.8 Å². The summed E-state index contributed by atoms with van der Waals surface area (Å²) in [6.45, 7) is 0. The van der Waals surface area contributed by atoms with Crippen molar-refractivity contribution in [2.75, 3.05) is 7.11 Å². The Kier molecular flexibility index (Phi) is 2.50. The van der Waals surface area contributed by atoms with E-state index < -0.39 is 0 Å². The lowest BCUT2D eigenvalue weighted by Gasteiger charge is -2.18. The van der Waals surface area contributed by atoms with E-state index in [4.69, 9.17) is 4.74 Å². The van der Waals surface area contributed by atoms with Gasteiger partial charge in [-0.25, -0.2) is 4.79 Å². The molecule has 1 saturated carbocycles. The molecule has 0 heterocycles. The Morgan fingerprint density at radius 1 is 1.35 bits per heavy atom. The van der Waals surface area contributed by atoms with Gasteiger partial charge in [0.15, 0.2) is 0 Å². The second-order valence-electron chi connectivity index (χ2n) is 4.84. The van der Waals surface area contributed by atoms with Gasteiger partial charge in [0.05, 0.1) is 12.7 Å². The van der Waals surface area contributed by atoms with Crippen molar-refractivity contribution in [3.63, 3.8) is 0 Å². The van der Waals surface area contributed by atoms with Crippen LogP contribution >= 0.6 is 0 Å². The van der Waals surface area contributed by atoms with Crippen LogP contribution in [0.4, 0.5) is 0 Å². The van der Waals surface area contributed by atoms with Crippen LogP contribution in [-0.4, -0.2) is 13.1 Å². The molecule has 1 fully saturated rings. The lowest BCUT2D eigenvalue weighted by Crippen LogP contribution is -2.06. The summed E-state index contributed by atoms with van der Waals surface area (Å²) in [5.41, 5.74) is 4.78. The molecule has 0 spiro atoms. The number of hydrogen-bond acceptors (Lipinski definition) is 2. The van der Waals surface area contributed by atoms with Crippen molar-refractivity contribution in [2.24, 2.45) is 5.92 Å². The number of rotatable bonds is 2. The number of hydrogen-bond donors (Lipinski definition) is 0. The number of esters is 1. The molecule has 0 radical (unpaired) electrons. The molecule has 2 nitrogen and oxygen atoms in total. The van der Waals surface area contributed by atoms with E-state index in [2.05, 4.69) is 12.1 Å². The minimum Gasteiger partial charge on any atom is -0.465 e. The second-order valence-corrected chi connectivity index (χ2v) is 4.84. The predicted molar refractivity (Wildman–Crippen MR) is 66.8 cm³/mol. The minimum atomic E-state index is -0.242. The number of carbonyl (C=O) groups excluding carboxylic acids is 1. The van der Waals surface area contributed by atoms with E-state index >= 15 is 0 Å². The maximum absolute atomic E-state index is 11.5. The van der Waals surface area contributed by atoms with Crippen molar-refractivity contribution in [2.45, 2.75) is 25.7 Å². The molecular weight excluding hydrogens is 212 g/mol. The standard InChI is InChI=1S/C15H16O2/c1-17-15(16)12-8-7-10-3-2-4-13(11-5-6-11)14(10)9-12/h4,7-9,11H,2-3,5-6H2,1H3. The first-order valence-corrected chi connectivity index (χ1v) is 6.21. The van der Waals surface area contributed by atoms with E-state index in [1.807, 2.05) is 12.1 Å². The molecule has 2 heteroatoms. The summed E-state index contributed by atoms with van der Waals surface area (Å²) in [7, 11) is 1.43. The van der Waals surface area contributed by atoms with Gasteiger partial charge in [0, 0.05) is 0 Å². The fourth-order valence-corrected chi connectivity index (χ4v) is 2.58. The van der Waals surface area contributed by atoms with E-state index in [9.17, 15) is 4.79 Å². The molecule has 3 rings (SSSR count). The van der Waals surface area contributed by atoms with Crippen molar-refractivity contribution in [3.8, 4) is 0 Å². The van der Waals surface area contributed by atoms with Gasteiger partial charge in [-0.05, 0) is 60.4 Å². The van der Waals surface area contributed by atoms with Gasteiger partial charge in [-0.15, -0.1) is 0 Å². The predicted octanol–water partition coefficient (Wildman–Crippen LogP) is 3.21. The quantitative estimate of drug-likeness (QED) is 0.726. The first-order valence-electron chi connectivity index (χ1n) is 6.21. The molecule has 0 aliphatic heterocycles. The van der Waals surface area contributed by atoms with Crippen molar-refractivity contribution in [1.29, 1.82) is 0 Å². The Bertz CT molecular complexity index is 496. The Balaban J connectivity index is 2.03. The first-order chi connectivity index (χ1) is 8.29. The molecule has 2 aliphatic rings. The summed E-state index contributed by atoms with van der Waals surface area (Å²) >= 11 is 0. The molecule has 88 valence electrons. The van der Waals surface area contributed by atoms with Crippen molar-refractivity contribution >= 4 is 11.5 Å². The molecule has 2 aliphatic carbocycles. The van der Waals surface area contributed by atoms with Gasteiger partial charge >= 0.3 is 5.97 Å². The molecule has 0 aromatic heterocycles. The van der Waals surface area contributed by atoms with Crippen LogP contribution in [0.15, 0.2) is 24.3 Å². The van der Waals surface area contributed by atoms with Crippen LogP contribution in [0.3, 0.4) is 0 Å². The summed E-state index contributed by atoms with van der Waals surface area (Å²) in [6, 6.07) is 5.96. The third-order valence-corrected chi connectivity index (χ3v) is 3.64. The number of carbonyl (C=O) groups is 1. The number of methoxy groups -OCH3 is 1. The second kappa shape index (κ2) is 4.02. The van der Waals surface area contributed by atoms with Crippen LogP contribution in [-0.2, 0) is 11.2 Å². The summed E-state index contributed by atoms with van der Waals surface area (Å²) in [5, 5.41) is 0. The summed E-state index contributed by atoms with van der Waals surface area (Å²) in [4.78, 5) is 11.5. The highest BCUT2D eigenvalue weighted by Crippen LogP contribution is 2.45. The maximum atomic E-state index is 11.5. The zero-order valence-corrected chi connectivity index (χ0v) is 10.0. The molecule has 0 saturated heterocycles. The van der Waals surface area contributed by atoms with E-state index in [1.54, 1.807) is 0 Å². The number of fused-ring (bicyclic) bond motifs is 1. The van der Waals surface area contributed by atoms with Crippen LogP contribution in [0.2, 0.25) is 0 Å². The Hall–Kier alpha value is -1.57. The average molecular weight is 228 g/mol. The normalized spacial score (nSPS) is 18.3. The number of benzene rings is 1. The highest BCUT2D eigenvalue weighted by Gasteiger charge is 2.29. The van der Waals surface area contributed by atoms with Gasteiger partial charge in [-0.2, -0.15) is 0 Å². The monoisotopic (exact) mass is 228 g/mol. The molecule has 0 bridgehead atoms. The van der Waals surface area contributed by atoms with Crippen LogP contribution in [0.1, 0.15) is 40.7 Å². The zero-order valence-electron chi connectivity index (χ0n) is 10.0. The van der Waals surface area contributed by atoms with E-state index in [0.29, 0.717) is 5.56 Å². The smallest absolute Gasteiger partial charge is 0.337 e. The van der Waals surface area contributed by atoms with Gasteiger partial charge in [-0.3, -0.25) is 0 Å². The van der Waals surface area contributed by atoms with Gasteiger partial charge in [-0.1, -0.05) is 12.1 Å². The lowest BCUT2D eigenvalue weighted by atomic mass is 9.87. The summed E-state index contributed by atoms with van der Waals surface area (Å²) in [5.74, 6) is 0.496. The van der Waals surface area contributed by atoms with Crippen molar-refractivity contribution < 1.29 is 9.53 Å². The third-order valence-electron chi connectivity index (χ3n) is 3.64. The molecule has 1 aromatic rings. The zero-order chi connectivity index (χ0) is 11.8. The van der Waals surface area contributed by atoms with E-state index in [-0.39, 0.29) is 5.97 Å². The topological polar surface area (TPSA) is 26.3 Å². The molecule has 0 amide bonds. The molecule has 0 N–H and O–H groups in total. The minimum absolute atomic E-state index is 0.242. The first kappa shape index (κ1) is 10.6. The van der Waals surface area contributed by atoms with E-state index in [1.165, 1.54) is 36.7 Å².